The zero-order valence-electron chi connectivity index (χ0n) is 14.6. The molecule has 8 heteroatoms. The molecule has 140 valence electrons. The highest BCUT2D eigenvalue weighted by Gasteiger charge is 2.50. The molecule has 1 aromatic rings. The number of hydrogen-bond donors (Lipinski definition) is 0. The van der Waals surface area contributed by atoms with E-state index >= 15 is 0 Å². The molecule has 0 aromatic heterocycles. The number of benzene rings is 1. The van der Waals surface area contributed by atoms with Gasteiger partial charge in [-0.25, -0.2) is 8.42 Å². The first-order chi connectivity index (χ1) is 12.4. The lowest BCUT2D eigenvalue weighted by molar-refractivity contribution is -0.142. The molecule has 1 aromatic carbocycles. The number of carbonyl (C=O) groups is 2. The van der Waals surface area contributed by atoms with Crippen LogP contribution in [0.15, 0.2) is 29.2 Å². The van der Waals surface area contributed by atoms with Gasteiger partial charge in [-0.3, -0.25) is 14.5 Å². The quantitative estimate of drug-likeness (QED) is 0.742. The number of sulfonamides is 1. The van der Waals surface area contributed by atoms with Crippen molar-refractivity contribution in [1.82, 2.24) is 9.21 Å². The van der Waals surface area contributed by atoms with E-state index < -0.39 is 10.0 Å². The number of hydrogen-bond acceptors (Lipinski definition) is 5. The Bertz CT molecular complexity index is 806. The van der Waals surface area contributed by atoms with Crippen LogP contribution < -0.4 is 4.74 Å². The zero-order valence-corrected chi connectivity index (χ0v) is 15.4. The third-order valence-corrected chi connectivity index (χ3v) is 7.75. The number of rotatable bonds is 4. The van der Waals surface area contributed by atoms with Gasteiger partial charge in [0.25, 0.3) is 0 Å². The number of fused-ring (bicyclic) bond motifs is 2. The summed E-state index contributed by atoms with van der Waals surface area (Å²) in [5, 5.41) is 0. The van der Waals surface area contributed by atoms with E-state index in [-0.39, 0.29) is 47.7 Å². The summed E-state index contributed by atoms with van der Waals surface area (Å²) >= 11 is 0. The van der Waals surface area contributed by atoms with Crippen LogP contribution >= 0.6 is 0 Å². The van der Waals surface area contributed by atoms with Crippen LogP contribution in [0, 0.1) is 0 Å². The van der Waals surface area contributed by atoms with Crippen LogP contribution in [-0.4, -0.2) is 54.7 Å². The van der Waals surface area contributed by atoms with Gasteiger partial charge in [0.05, 0.1) is 12.0 Å². The Hall–Kier alpha value is -1.93. The first-order valence-electron chi connectivity index (χ1n) is 8.94. The van der Waals surface area contributed by atoms with E-state index in [1.807, 2.05) is 0 Å². The minimum Gasteiger partial charge on any atom is -0.497 e. The summed E-state index contributed by atoms with van der Waals surface area (Å²) < 4.78 is 33.0. The topological polar surface area (TPSA) is 84.0 Å². The molecule has 7 nitrogen and oxygen atoms in total. The van der Waals surface area contributed by atoms with Crippen molar-refractivity contribution < 1.29 is 22.7 Å². The summed E-state index contributed by atoms with van der Waals surface area (Å²) in [4.78, 5) is 25.7. The molecular weight excluding hydrogens is 356 g/mol. The standard InChI is InChI=1S/C18H22N2O5S/c1-25-15-4-6-16(7-5-15)26(23,24)20-12-2-3-13(20)11-14(10-12)19-17(21)8-9-18(19)22/h4-7,12-14H,2-3,8-11H2,1H3. The van der Waals surface area contributed by atoms with Gasteiger partial charge < -0.3 is 4.74 Å². The van der Waals surface area contributed by atoms with E-state index in [1.54, 1.807) is 28.6 Å². The van der Waals surface area contributed by atoms with Gasteiger partial charge in [-0.2, -0.15) is 4.31 Å². The molecule has 2 bridgehead atoms. The average Bonchev–Trinajstić information content (AvgIpc) is 3.11. The van der Waals surface area contributed by atoms with Crippen molar-refractivity contribution in [3.63, 3.8) is 0 Å². The lowest BCUT2D eigenvalue weighted by Crippen LogP contribution is -2.53. The zero-order chi connectivity index (χ0) is 18.5. The molecule has 3 saturated heterocycles. The molecule has 2 amide bonds. The van der Waals surface area contributed by atoms with Gasteiger partial charge in [0.2, 0.25) is 21.8 Å². The molecule has 3 aliphatic rings. The number of imide groups is 1. The first kappa shape index (κ1) is 17.5. The predicted molar refractivity (Wildman–Crippen MR) is 92.9 cm³/mol. The van der Waals surface area contributed by atoms with Crippen LogP contribution in [0.1, 0.15) is 38.5 Å². The molecule has 2 atom stereocenters. The summed E-state index contributed by atoms with van der Waals surface area (Å²) in [6.45, 7) is 0. The van der Waals surface area contributed by atoms with Gasteiger partial charge in [-0.05, 0) is 49.9 Å². The normalized spacial score (nSPS) is 29.4. The average molecular weight is 378 g/mol. The van der Waals surface area contributed by atoms with Crippen molar-refractivity contribution in [2.24, 2.45) is 0 Å². The highest BCUT2D eigenvalue weighted by atomic mass is 32.2. The molecule has 0 N–H and O–H groups in total. The number of piperidine rings is 1. The van der Waals surface area contributed by atoms with Crippen LogP contribution in [0.2, 0.25) is 0 Å². The Balaban J connectivity index is 1.58. The Labute approximate surface area is 153 Å². The molecule has 3 aliphatic heterocycles. The third kappa shape index (κ3) is 2.72. The van der Waals surface area contributed by atoms with Crippen LogP contribution in [-0.2, 0) is 19.6 Å². The van der Waals surface area contributed by atoms with Gasteiger partial charge in [-0.1, -0.05) is 0 Å². The molecule has 4 rings (SSSR count). The lowest BCUT2D eigenvalue weighted by atomic mass is 9.98. The van der Waals surface area contributed by atoms with Crippen LogP contribution in [0.3, 0.4) is 0 Å². The summed E-state index contributed by atoms with van der Waals surface area (Å²) in [5.74, 6) is 0.369. The largest absolute Gasteiger partial charge is 0.497 e. The molecule has 26 heavy (non-hydrogen) atoms. The van der Waals surface area contributed by atoms with E-state index in [0.717, 1.165) is 12.8 Å². The predicted octanol–water partition coefficient (Wildman–Crippen LogP) is 1.53. The maximum absolute atomic E-state index is 13.1. The third-order valence-electron chi connectivity index (χ3n) is 5.73. The van der Waals surface area contributed by atoms with Crippen molar-refractivity contribution in [3.05, 3.63) is 24.3 Å². The molecule has 0 radical (unpaired) electrons. The monoisotopic (exact) mass is 378 g/mol. The highest BCUT2D eigenvalue weighted by molar-refractivity contribution is 7.89. The van der Waals surface area contributed by atoms with Crippen LogP contribution in [0.5, 0.6) is 5.75 Å². The number of ether oxygens (including phenoxy) is 1. The maximum Gasteiger partial charge on any atom is 0.243 e. The number of likely N-dealkylation sites (tertiary alicyclic amines) is 1. The summed E-state index contributed by atoms with van der Waals surface area (Å²) in [5.41, 5.74) is 0. The van der Waals surface area contributed by atoms with Crippen molar-refractivity contribution in [2.75, 3.05) is 7.11 Å². The fourth-order valence-electron chi connectivity index (χ4n) is 4.58. The molecule has 2 unspecified atom stereocenters. The molecular formula is C18H22N2O5S. The highest BCUT2D eigenvalue weighted by Crippen LogP contribution is 2.42. The smallest absolute Gasteiger partial charge is 0.243 e. The van der Waals surface area contributed by atoms with Gasteiger partial charge in [0, 0.05) is 31.0 Å². The van der Waals surface area contributed by atoms with E-state index in [4.69, 9.17) is 4.74 Å². The molecule has 0 spiro atoms. The van der Waals surface area contributed by atoms with Gasteiger partial charge in [-0.15, -0.1) is 0 Å². The second-order valence-corrected chi connectivity index (χ2v) is 9.02. The Morgan fingerprint density at radius 1 is 0.923 bits per heavy atom. The SMILES string of the molecule is COc1ccc(S(=O)(=O)N2C3CCC2CC(N2C(=O)CCC2=O)C3)cc1. The van der Waals surface area contributed by atoms with E-state index in [2.05, 4.69) is 0 Å². The number of nitrogens with zero attached hydrogens (tertiary/aromatic N) is 2. The lowest BCUT2D eigenvalue weighted by Gasteiger charge is -2.40. The Morgan fingerprint density at radius 3 is 1.96 bits per heavy atom. The number of carbonyl (C=O) groups excluding carboxylic acids is 2. The minimum absolute atomic E-state index is 0.120. The van der Waals surface area contributed by atoms with E-state index in [1.165, 1.54) is 12.0 Å². The second-order valence-electron chi connectivity index (χ2n) is 7.18. The first-order valence-corrected chi connectivity index (χ1v) is 10.4. The van der Waals surface area contributed by atoms with Crippen molar-refractivity contribution in [1.29, 1.82) is 0 Å². The van der Waals surface area contributed by atoms with Crippen molar-refractivity contribution in [3.8, 4) is 5.75 Å². The van der Waals surface area contributed by atoms with E-state index in [9.17, 15) is 18.0 Å². The summed E-state index contributed by atoms with van der Waals surface area (Å²) in [7, 11) is -2.07. The van der Waals surface area contributed by atoms with Gasteiger partial charge in [0.1, 0.15) is 5.75 Å². The molecule has 0 saturated carbocycles. The van der Waals surface area contributed by atoms with Gasteiger partial charge >= 0.3 is 0 Å². The van der Waals surface area contributed by atoms with Crippen molar-refractivity contribution in [2.45, 2.75) is 61.5 Å². The molecule has 0 aliphatic carbocycles. The number of methoxy groups -OCH3 is 1. The Kier molecular flexibility index (Phi) is 4.27. The van der Waals surface area contributed by atoms with E-state index in [0.29, 0.717) is 18.6 Å². The van der Waals surface area contributed by atoms with Crippen LogP contribution in [0.4, 0.5) is 0 Å². The second kappa shape index (κ2) is 6.35. The fourth-order valence-corrected chi connectivity index (χ4v) is 6.47. The summed E-state index contributed by atoms with van der Waals surface area (Å²) in [6, 6.07) is 5.92. The van der Waals surface area contributed by atoms with Crippen molar-refractivity contribution >= 4 is 21.8 Å². The summed E-state index contributed by atoms with van der Waals surface area (Å²) in [6.07, 6.45) is 3.16. The number of amides is 2. The minimum atomic E-state index is -3.61. The van der Waals surface area contributed by atoms with Crippen LogP contribution in [0.25, 0.3) is 0 Å². The maximum atomic E-state index is 13.1. The van der Waals surface area contributed by atoms with Gasteiger partial charge in [0.15, 0.2) is 0 Å². The molecule has 3 heterocycles. The Morgan fingerprint density at radius 2 is 1.46 bits per heavy atom. The molecule has 3 fully saturated rings. The fraction of sp³-hybridized carbons (Fsp3) is 0.556.